The number of ether oxygens (including phenoxy) is 1. The average Bonchev–Trinajstić information content (AvgIpc) is 3.02. The third kappa shape index (κ3) is 4.38. The van der Waals surface area contributed by atoms with E-state index in [4.69, 9.17) is 4.74 Å². The minimum Gasteiger partial charge on any atom is -0.452 e. The fourth-order valence-corrected chi connectivity index (χ4v) is 3.24. The zero-order valence-electron chi connectivity index (χ0n) is 16.8. The van der Waals surface area contributed by atoms with Gasteiger partial charge in [0.1, 0.15) is 0 Å². The molecule has 30 heavy (non-hydrogen) atoms. The van der Waals surface area contributed by atoms with Crippen LogP contribution in [-0.4, -0.2) is 28.0 Å². The number of hydrogen-bond donors (Lipinski definition) is 1. The van der Waals surface area contributed by atoms with Crippen molar-refractivity contribution in [1.82, 2.24) is 4.57 Å². The van der Waals surface area contributed by atoms with Gasteiger partial charge < -0.3 is 14.6 Å². The number of anilines is 1. The molecular formula is C22H21N3O5. The largest absolute Gasteiger partial charge is 0.452 e. The fourth-order valence-electron chi connectivity index (χ4n) is 3.24. The zero-order valence-corrected chi connectivity index (χ0v) is 16.8. The van der Waals surface area contributed by atoms with Gasteiger partial charge in [-0.05, 0) is 50.6 Å². The van der Waals surface area contributed by atoms with E-state index in [1.54, 1.807) is 13.0 Å². The Morgan fingerprint density at radius 2 is 1.77 bits per heavy atom. The van der Waals surface area contributed by atoms with Crippen molar-refractivity contribution in [2.45, 2.75) is 20.8 Å². The first-order valence-corrected chi connectivity index (χ1v) is 9.24. The fraction of sp³-hybridized carbons (Fsp3) is 0.182. The molecule has 8 nitrogen and oxygen atoms in total. The summed E-state index contributed by atoms with van der Waals surface area (Å²) in [5.41, 5.74) is 3.80. The lowest BCUT2D eigenvalue weighted by atomic mass is 10.2. The molecule has 0 spiro atoms. The summed E-state index contributed by atoms with van der Waals surface area (Å²) in [4.78, 5) is 35.0. The zero-order chi connectivity index (χ0) is 21.8. The lowest BCUT2D eigenvalue weighted by Gasteiger charge is -2.10. The molecule has 1 N–H and O–H groups in total. The van der Waals surface area contributed by atoms with Crippen LogP contribution in [0, 0.1) is 30.9 Å². The van der Waals surface area contributed by atoms with Crippen LogP contribution >= 0.6 is 0 Å². The minimum atomic E-state index is -0.596. The number of hydrogen-bond acceptors (Lipinski definition) is 5. The molecule has 2 aromatic carbocycles. The molecule has 8 heteroatoms. The molecule has 0 saturated heterocycles. The van der Waals surface area contributed by atoms with Gasteiger partial charge in [0.25, 0.3) is 11.6 Å². The standard InChI is InChI=1S/C22H21N3O5/c1-14-11-18(25(28)29)9-10-20(14)23-21(26)13-30-22(27)19-12-15(2)24(16(19)3)17-7-5-4-6-8-17/h4-12H,13H2,1-3H3,(H,23,26). The van der Waals surface area contributed by atoms with Crippen LogP contribution in [0.3, 0.4) is 0 Å². The van der Waals surface area contributed by atoms with Gasteiger partial charge in [0.15, 0.2) is 6.61 Å². The van der Waals surface area contributed by atoms with E-state index in [9.17, 15) is 19.7 Å². The number of nitrogens with zero attached hydrogens (tertiary/aromatic N) is 2. The number of benzene rings is 2. The molecule has 3 aromatic rings. The summed E-state index contributed by atoms with van der Waals surface area (Å²) in [5, 5.41) is 13.4. The number of esters is 1. The molecule has 0 radical (unpaired) electrons. The Labute approximate surface area is 173 Å². The van der Waals surface area contributed by atoms with Crippen molar-refractivity contribution in [3.63, 3.8) is 0 Å². The molecule has 1 heterocycles. The summed E-state index contributed by atoms with van der Waals surface area (Å²) in [6.45, 7) is 4.88. The number of aryl methyl sites for hydroxylation is 2. The highest BCUT2D eigenvalue weighted by atomic mass is 16.6. The summed E-state index contributed by atoms with van der Waals surface area (Å²) in [7, 11) is 0. The van der Waals surface area contributed by atoms with Gasteiger partial charge in [0.2, 0.25) is 0 Å². The average molecular weight is 407 g/mol. The lowest BCUT2D eigenvalue weighted by Crippen LogP contribution is -2.21. The second kappa shape index (κ2) is 8.60. The van der Waals surface area contributed by atoms with Gasteiger partial charge in [0, 0.05) is 34.9 Å². The molecule has 1 aromatic heterocycles. The van der Waals surface area contributed by atoms with Crippen molar-refractivity contribution >= 4 is 23.3 Å². The number of aromatic nitrogens is 1. The highest BCUT2D eigenvalue weighted by Crippen LogP contribution is 2.22. The normalized spacial score (nSPS) is 10.5. The molecule has 0 fully saturated rings. The Morgan fingerprint density at radius 1 is 1.07 bits per heavy atom. The smallest absolute Gasteiger partial charge is 0.340 e. The van der Waals surface area contributed by atoms with Crippen LogP contribution < -0.4 is 5.32 Å². The maximum atomic E-state index is 12.5. The van der Waals surface area contributed by atoms with Crippen LogP contribution in [0.25, 0.3) is 5.69 Å². The number of carbonyl (C=O) groups is 2. The predicted molar refractivity (Wildman–Crippen MR) is 112 cm³/mol. The molecule has 0 aliphatic carbocycles. The molecule has 0 unspecified atom stereocenters. The van der Waals surface area contributed by atoms with Crippen molar-refractivity contribution in [1.29, 1.82) is 0 Å². The van der Waals surface area contributed by atoms with Crippen LogP contribution in [0.2, 0.25) is 0 Å². The quantitative estimate of drug-likeness (QED) is 0.376. The number of rotatable bonds is 6. The number of nitrogens with one attached hydrogen (secondary N) is 1. The van der Waals surface area contributed by atoms with Gasteiger partial charge in [0.05, 0.1) is 10.5 Å². The third-order valence-corrected chi connectivity index (χ3v) is 4.69. The van der Waals surface area contributed by atoms with Gasteiger partial charge in [-0.25, -0.2) is 4.79 Å². The molecule has 0 aliphatic rings. The van der Waals surface area contributed by atoms with E-state index in [1.807, 2.05) is 48.7 Å². The van der Waals surface area contributed by atoms with Crippen molar-refractivity contribution in [2.75, 3.05) is 11.9 Å². The maximum absolute atomic E-state index is 12.5. The maximum Gasteiger partial charge on any atom is 0.340 e. The number of nitro benzene ring substituents is 1. The van der Waals surface area contributed by atoms with Gasteiger partial charge in [-0.2, -0.15) is 0 Å². The van der Waals surface area contributed by atoms with Crippen LogP contribution in [-0.2, 0) is 9.53 Å². The molecular weight excluding hydrogens is 386 g/mol. The summed E-state index contributed by atoms with van der Waals surface area (Å²) in [6.07, 6.45) is 0. The second-order valence-corrected chi connectivity index (χ2v) is 6.84. The van der Waals surface area contributed by atoms with E-state index in [0.29, 0.717) is 16.8 Å². The van der Waals surface area contributed by atoms with E-state index in [1.165, 1.54) is 18.2 Å². The number of carbonyl (C=O) groups excluding carboxylic acids is 2. The summed E-state index contributed by atoms with van der Waals surface area (Å²) < 4.78 is 7.12. The molecule has 3 rings (SSSR count). The Kier molecular flexibility index (Phi) is 5.96. The van der Waals surface area contributed by atoms with Crippen molar-refractivity contribution < 1.29 is 19.2 Å². The van der Waals surface area contributed by atoms with Crippen molar-refractivity contribution in [2.24, 2.45) is 0 Å². The molecule has 0 atom stereocenters. The Hall–Kier alpha value is -3.94. The van der Waals surface area contributed by atoms with E-state index in [0.717, 1.165) is 17.1 Å². The lowest BCUT2D eigenvalue weighted by molar-refractivity contribution is -0.384. The summed E-state index contributed by atoms with van der Waals surface area (Å²) in [5.74, 6) is -1.13. The first-order valence-electron chi connectivity index (χ1n) is 9.24. The molecule has 0 aliphatic heterocycles. The monoisotopic (exact) mass is 407 g/mol. The Morgan fingerprint density at radius 3 is 2.40 bits per heavy atom. The summed E-state index contributed by atoms with van der Waals surface area (Å²) >= 11 is 0. The van der Waals surface area contributed by atoms with Gasteiger partial charge >= 0.3 is 5.97 Å². The molecule has 154 valence electrons. The van der Waals surface area contributed by atoms with E-state index in [-0.39, 0.29) is 5.69 Å². The van der Waals surface area contributed by atoms with Crippen LogP contribution in [0.15, 0.2) is 54.6 Å². The highest BCUT2D eigenvalue weighted by Gasteiger charge is 2.19. The van der Waals surface area contributed by atoms with Crippen molar-refractivity contribution in [3.05, 3.63) is 87.2 Å². The van der Waals surface area contributed by atoms with Crippen LogP contribution in [0.5, 0.6) is 0 Å². The van der Waals surface area contributed by atoms with Crippen LogP contribution in [0.4, 0.5) is 11.4 Å². The first-order chi connectivity index (χ1) is 14.3. The van der Waals surface area contributed by atoms with Gasteiger partial charge in [-0.1, -0.05) is 18.2 Å². The Balaban J connectivity index is 1.66. The highest BCUT2D eigenvalue weighted by molar-refractivity contribution is 5.96. The van der Waals surface area contributed by atoms with Crippen molar-refractivity contribution in [3.8, 4) is 5.69 Å². The predicted octanol–water partition coefficient (Wildman–Crippen LogP) is 4.11. The SMILES string of the molecule is Cc1cc([N+](=O)[O-])ccc1NC(=O)COC(=O)c1cc(C)n(-c2ccccc2)c1C. The molecule has 1 amide bonds. The van der Waals surface area contributed by atoms with E-state index in [2.05, 4.69) is 5.32 Å². The minimum absolute atomic E-state index is 0.0642. The first kappa shape index (κ1) is 20.8. The topological polar surface area (TPSA) is 103 Å². The third-order valence-electron chi connectivity index (χ3n) is 4.69. The Bertz CT molecular complexity index is 1120. The number of amides is 1. The van der Waals surface area contributed by atoms with Gasteiger partial charge in [-0.15, -0.1) is 0 Å². The summed E-state index contributed by atoms with van der Waals surface area (Å²) in [6, 6.07) is 15.5. The van der Waals surface area contributed by atoms with Crippen LogP contribution in [0.1, 0.15) is 27.3 Å². The molecule has 0 bridgehead atoms. The van der Waals surface area contributed by atoms with Gasteiger partial charge in [-0.3, -0.25) is 14.9 Å². The van der Waals surface area contributed by atoms with E-state index >= 15 is 0 Å². The number of nitro groups is 1. The second-order valence-electron chi connectivity index (χ2n) is 6.84. The number of non-ortho nitro benzene ring substituents is 1. The number of para-hydroxylation sites is 1. The molecule has 0 saturated carbocycles. The van der Waals surface area contributed by atoms with E-state index < -0.39 is 23.4 Å².